The maximum atomic E-state index is 11.1. The summed E-state index contributed by atoms with van der Waals surface area (Å²) in [5, 5.41) is 0. The van der Waals surface area contributed by atoms with Gasteiger partial charge in [-0.1, -0.05) is 6.92 Å². The number of hydrogen-bond donors (Lipinski definition) is 0. The van der Waals surface area contributed by atoms with Gasteiger partial charge in [0.15, 0.2) is 0 Å². The molecule has 14 heavy (non-hydrogen) atoms. The zero-order valence-electron chi connectivity index (χ0n) is 9.29. The van der Waals surface area contributed by atoms with E-state index in [1.165, 1.54) is 11.5 Å². The normalized spacial score (nSPS) is 19.2. The van der Waals surface area contributed by atoms with Crippen molar-refractivity contribution in [1.82, 2.24) is 4.90 Å². The van der Waals surface area contributed by atoms with Crippen molar-refractivity contribution in [2.75, 3.05) is 25.1 Å². The van der Waals surface area contributed by atoms with Gasteiger partial charge in [0.1, 0.15) is 5.78 Å². The topological polar surface area (TPSA) is 20.3 Å². The lowest BCUT2D eigenvalue weighted by Crippen LogP contribution is -2.36. The second kappa shape index (κ2) is 6.46. The third-order valence-corrected chi connectivity index (χ3v) is 3.81. The standard InChI is InChI=1S/C11H21NOS/c1-3-14-9-8-12(2)10-4-6-11(13)7-5-10/h10H,3-9H2,1-2H3. The number of carbonyl (C=O) groups excluding carboxylic acids is 1. The van der Waals surface area contributed by atoms with Gasteiger partial charge in [0.2, 0.25) is 0 Å². The third-order valence-electron chi connectivity index (χ3n) is 2.93. The Balaban J connectivity index is 2.16. The molecular weight excluding hydrogens is 194 g/mol. The molecule has 1 rings (SSSR count). The number of hydrogen-bond acceptors (Lipinski definition) is 3. The highest BCUT2D eigenvalue weighted by Crippen LogP contribution is 2.19. The first-order valence-electron chi connectivity index (χ1n) is 5.53. The molecule has 0 aromatic rings. The van der Waals surface area contributed by atoms with E-state index in [-0.39, 0.29) is 0 Å². The van der Waals surface area contributed by atoms with Crippen molar-refractivity contribution < 1.29 is 4.79 Å². The molecule has 1 fully saturated rings. The molecule has 0 unspecified atom stereocenters. The lowest BCUT2D eigenvalue weighted by Gasteiger charge is -2.30. The van der Waals surface area contributed by atoms with Crippen molar-refractivity contribution in [2.24, 2.45) is 0 Å². The fourth-order valence-electron chi connectivity index (χ4n) is 1.90. The van der Waals surface area contributed by atoms with Gasteiger partial charge in [-0.25, -0.2) is 0 Å². The Morgan fingerprint density at radius 1 is 1.43 bits per heavy atom. The Bertz CT molecular complexity index is 174. The van der Waals surface area contributed by atoms with Crippen molar-refractivity contribution in [2.45, 2.75) is 38.6 Å². The Morgan fingerprint density at radius 2 is 2.07 bits per heavy atom. The van der Waals surface area contributed by atoms with E-state index in [0.29, 0.717) is 11.8 Å². The molecule has 2 nitrogen and oxygen atoms in total. The van der Waals surface area contributed by atoms with Crippen LogP contribution in [0.15, 0.2) is 0 Å². The number of carbonyl (C=O) groups is 1. The summed E-state index contributed by atoms with van der Waals surface area (Å²) >= 11 is 1.99. The summed E-state index contributed by atoms with van der Waals surface area (Å²) in [6.45, 7) is 3.36. The summed E-state index contributed by atoms with van der Waals surface area (Å²) in [5.74, 6) is 2.88. The maximum Gasteiger partial charge on any atom is 0.133 e. The van der Waals surface area contributed by atoms with Gasteiger partial charge in [-0.15, -0.1) is 0 Å². The van der Waals surface area contributed by atoms with Crippen LogP contribution in [-0.2, 0) is 4.79 Å². The van der Waals surface area contributed by atoms with Gasteiger partial charge in [-0.2, -0.15) is 11.8 Å². The Morgan fingerprint density at radius 3 is 2.64 bits per heavy atom. The number of Topliss-reactive ketones (excluding diaryl/α,β-unsaturated/α-hetero) is 1. The summed E-state index contributed by atoms with van der Waals surface area (Å²) in [6, 6.07) is 0.658. The van der Waals surface area contributed by atoms with Gasteiger partial charge in [0.25, 0.3) is 0 Å². The number of nitrogens with zero attached hydrogens (tertiary/aromatic N) is 1. The molecule has 1 aliphatic rings. The summed E-state index contributed by atoms with van der Waals surface area (Å²) in [5.41, 5.74) is 0. The molecule has 0 N–H and O–H groups in total. The molecule has 0 aromatic heterocycles. The van der Waals surface area contributed by atoms with E-state index in [2.05, 4.69) is 18.9 Å². The van der Waals surface area contributed by atoms with Gasteiger partial charge in [0, 0.05) is 31.2 Å². The van der Waals surface area contributed by atoms with Crippen LogP contribution in [0.4, 0.5) is 0 Å². The average molecular weight is 215 g/mol. The summed E-state index contributed by atoms with van der Waals surface area (Å²) in [7, 11) is 2.19. The first-order chi connectivity index (χ1) is 6.74. The fourth-order valence-corrected chi connectivity index (χ4v) is 2.61. The molecule has 0 radical (unpaired) electrons. The molecular formula is C11H21NOS. The maximum absolute atomic E-state index is 11.1. The predicted molar refractivity (Wildman–Crippen MR) is 62.9 cm³/mol. The first-order valence-corrected chi connectivity index (χ1v) is 6.69. The van der Waals surface area contributed by atoms with Crippen LogP contribution in [0.5, 0.6) is 0 Å². The van der Waals surface area contributed by atoms with E-state index < -0.39 is 0 Å². The smallest absolute Gasteiger partial charge is 0.133 e. The molecule has 0 bridgehead atoms. The van der Waals surface area contributed by atoms with E-state index in [1.807, 2.05) is 11.8 Å². The van der Waals surface area contributed by atoms with Crippen LogP contribution in [0, 0.1) is 0 Å². The first kappa shape index (κ1) is 12.1. The Hall–Kier alpha value is -0.0200. The molecule has 0 saturated heterocycles. The average Bonchev–Trinajstić information content (AvgIpc) is 2.19. The van der Waals surface area contributed by atoms with Gasteiger partial charge < -0.3 is 4.90 Å². The molecule has 0 aromatic carbocycles. The zero-order chi connectivity index (χ0) is 10.4. The van der Waals surface area contributed by atoms with E-state index in [9.17, 15) is 4.79 Å². The van der Waals surface area contributed by atoms with Crippen LogP contribution in [0.2, 0.25) is 0 Å². The van der Waals surface area contributed by atoms with Crippen molar-refractivity contribution in [3.05, 3.63) is 0 Å². The Labute approximate surface area is 91.4 Å². The van der Waals surface area contributed by atoms with Crippen molar-refractivity contribution in [3.8, 4) is 0 Å². The largest absolute Gasteiger partial charge is 0.303 e. The van der Waals surface area contributed by atoms with Crippen LogP contribution < -0.4 is 0 Å². The van der Waals surface area contributed by atoms with Gasteiger partial charge in [-0.3, -0.25) is 4.79 Å². The van der Waals surface area contributed by atoms with Crippen molar-refractivity contribution >= 4 is 17.5 Å². The monoisotopic (exact) mass is 215 g/mol. The van der Waals surface area contributed by atoms with E-state index in [0.717, 1.165) is 32.2 Å². The second-order valence-corrected chi connectivity index (χ2v) is 5.34. The predicted octanol–water partition coefficient (Wildman–Crippen LogP) is 2.18. The van der Waals surface area contributed by atoms with Crippen LogP contribution >= 0.6 is 11.8 Å². The minimum Gasteiger partial charge on any atom is -0.303 e. The minimum absolute atomic E-state index is 0.456. The van der Waals surface area contributed by atoms with E-state index >= 15 is 0 Å². The molecule has 0 aliphatic heterocycles. The molecule has 82 valence electrons. The quantitative estimate of drug-likeness (QED) is 0.656. The fraction of sp³-hybridized carbons (Fsp3) is 0.909. The number of thioether (sulfide) groups is 1. The van der Waals surface area contributed by atoms with Crippen molar-refractivity contribution in [3.63, 3.8) is 0 Å². The Kier molecular flexibility index (Phi) is 5.56. The number of ketones is 1. The lowest BCUT2D eigenvalue weighted by atomic mass is 9.93. The molecule has 3 heteroatoms. The molecule has 0 spiro atoms. The second-order valence-electron chi connectivity index (χ2n) is 3.95. The van der Waals surface area contributed by atoms with Crippen LogP contribution in [-0.4, -0.2) is 41.8 Å². The molecule has 0 amide bonds. The molecule has 1 aliphatic carbocycles. The third kappa shape index (κ3) is 4.01. The highest BCUT2D eigenvalue weighted by atomic mass is 32.2. The van der Waals surface area contributed by atoms with Crippen LogP contribution in [0.1, 0.15) is 32.6 Å². The van der Waals surface area contributed by atoms with Gasteiger partial charge >= 0.3 is 0 Å². The molecule has 1 saturated carbocycles. The highest BCUT2D eigenvalue weighted by Gasteiger charge is 2.21. The summed E-state index contributed by atoms with van der Waals surface area (Å²) in [6.07, 6.45) is 3.75. The molecule has 0 atom stereocenters. The van der Waals surface area contributed by atoms with Crippen molar-refractivity contribution in [1.29, 1.82) is 0 Å². The van der Waals surface area contributed by atoms with Crippen LogP contribution in [0.3, 0.4) is 0 Å². The van der Waals surface area contributed by atoms with Gasteiger partial charge in [-0.05, 0) is 25.6 Å². The summed E-state index contributed by atoms with van der Waals surface area (Å²) in [4.78, 5) is 13.5. The summed E-state index contributed by atoms with van der Waals surface area (Å²) < 4.78 is 0. The lowest BCUT2D eigenvalue weighted by molar-refractivity contribution is -0.121. The van der Waals surface area contributed by atoms with Gasteiger partial charge in [0.05, 0.1) is 0 Å². The van der Waals surface area contributed by atoms with E-state index in [1.54, 1.807) is 0 Å². The SMILES string of the molecule is CCSCCN(C)C1CCC(=O)CC1. The molecule has 0 heterocycles. The van der Waals surface area contributed by atoms with Crippen LogP contribution in [0.25, 0.3) is 0 Å². The zero-order valence-corrected chi connectivity index (χ0v) is 10.1. The minimum atomic E-state index is 0.456. The number of rotatable bonds is 5. The highest BCUT2D eigenvalue weighted by molar-refractivity contribution is 7.99. The van der Waals surface area contributed by atoms with E-state index in [4.69, 9.17) is 0 Å².